The van der Waals surface area contributed by atoms with Crippen LogP contribution in [0.1, 0.15) is 5.56 Å². The fourth-order valence-corrected chi connectivity index (χ4v) is 2.32. The Bertz CT molecular complexity index is 403. The summed E-state index contributed by atoms with van der Waals surface area (Å²) in [5, 5.41) is 8.74. The predicted octanol–water partition coefficient (Wildman–Crippen LogP) is 0.905. The number of hydrogen-bond acceptors (Lipinski definition) is 4. The number of nitrogens with zero attached hydrogens (tertiary/aromatic N) is 2. The van der Waals surface area contributed by atoms with Crippen LogP contribution in [-0.4, -0.2) is 66.8 Å². The summed E-state index contributed by atoms with van der Waals surface area (Å²) in [6.07, 6.45) is 0. The first-order valence-corrected chi connectivity index (χ1v) is 7.02. The van der Waals surface area contributed by atoms with Gasteiger partial charge in [-0.05, 0) is 5.56 Å². The Morgan fingerprint density at radius 1 is 1.10 bits per heavy atom. The lowest BCUT2D eigenvalue weighted by Gasteiger charge is -2.33. The number of rotatable bonds is 7. The van der Waals surface area contributed by atoms with E-state index in [0.29, 0.717) is 13.2 Å². The molecule has 1 N–H and O–H groups in total. The fraction of sp³-hybridized carbons (Fsp3) is 0.533. The number of carbonyl (C=O) groups is 1. The first-order chi connectivity index (χ1) is 9.74. The molecule has 0 spiro atoms. The van der Waals surface area contributed by atoms with Crippen LogP contribution in [-0.2, 0) is 16.1 Å². The summed E-state index contributed by atoms with van der Waals surface area (Å²) in [6.45, 7) is 5.92. The fourth-order valence-electron chi connectivity index (χ4n) is 2.32. The van der Waals surface area contributed by atoms with E-state index in [2.05, 4.69) is 17.0 Å². The van der Waals surface area contributed by atoms with E-state index in [0.717, 1.165) is 32.7 Å². The Morgan fingerprint density at radius 2 is 1.75 bits per heavy atom. The highest BCUT2D eigenvalue weighted by atomic mass is 16.5. The molecule has 0 saturated carbocycles. The second kappa shape index (κ2) is 7.99. The van der Waals surface area contributed by atoms with E-state index in [1.54, 1.807) is 0 Å². The van der Waals surface area contributed by atoms with Gasteiger partial charge in [-0.1, -0.05) is 30.3 Å². The van der Waals surface area contributed by atoms with Gasteiger partial charge in [0.15, 0.2) is 0 Å². The lowest BCUT2D eigenvalue weighted by Crippen LogP contribution is -2.48. The normalized spacial score (nSPS) is 17.2. The largest absolute Gasteiger partial charge is 0.480 e. The monoisotopic (exact) mass is 278 g/mol. The first kappa shape index (κ1) is 15.0. The zero-order valence-electron chi connectivity index (χ0n) is 11.7. The average molecular weight is 278 g/mol. The Kier molecular flexibility index (Phi) is 5.98. The molecule has 1 heterocycles. The van der Waals surface area contributed by atoms with Crippen LogP contribution < -0.4 is 0 Å². The van der Waals surface area contributed by atoms with E-state index in [-0.39, 0.29) is 6.54 Å². The van der Waals surface area contributed by atoms with Gasteiger partial charge in [0.1, 0.15) is 0 Å². The Labute approximate surface area is 119 Å². The Morgan fingerprint density at radius 3 is 2.40 bits per heavy atom. The molecule has 0 bridgehead atoms. The first-order valence-electron chi connectivity index (χ1n) is 7.02. The van der Waals surface area contributed by atoms with E-state index in [1.807, 2.05) is 23.1 Å². The molecule has 20 heavy (non-hydrogen) atoms. The van der Waals surface area contributed by atoms with E-state index < -0.39 is 5.97 Å². The van der Waals surface area contributed by atoms with E-state index >= 15 is 0 Å². The summed E-state index contributed by atoms with van der Waals surface area (Å²) in [4.78, 5) is 14.9. The van der Waals surface area contributed by atoms with Gasteiger partial charge in [0.05, 0.1) is 19.8 Å². The maximum atomic E-state index is 10.6. The molecule has 1 aliphatic rings. The van der Waals surface area contributed by atoms with Crippen LogP contribution in [0.25, 0.3) is 0 Å². The minimum absolute atomic E-state index is 0.151. The van der Waals surface area contributed by atoms with Crippen molar-refractivity contribution in [1.82, 2.24) is 9.80 Å². The van der Waals surface area contributed by atoms with Crippen LogP contribution in [0.5, 0.6) is 0 Å². The van der Waals surface area contributed by atoms with Crippen molar-refractivity contribution in [2.45, 2.75) is 6.61 Å². The summed E-state index contributed by atoms with van der Waals surface area (Å²) in [6, 6.07) is 10.1. The van der Waals surface area contributed by atoms with Gasteiger partial charge in [0.2, 0.25) is 0 Å². The topological polar surface area (TPSA) is 53.0 Å². The molecule has 0 aromatic heterocycles. The van der Waals surface area contributed by atoms with Gasteiger partial charge in [-0.3, -0.25) is 14.6 Å². The number of aliphatic carboxylic acids is 1. The maximum Gasteiger partial charge on any atom is 0.317 e. The standard InChI is InChI=1S/C15H22N2O3/c18-15(19)12-17-8-6-16(7-9-17)10-11-20-13-14-4-2-1-3-5-14/h1-5H,6-13H2,(H,18,19). The highest BCUT2D eigenvalue weighted by molar-refractivity contribution is 5.69. The number of piperazine rings is 1. The van der Waals surface area contributed by atoms with Crippen LogP contribution >= 0.6 is 0 Å². The van der Waals surface area contributed by atoms with Crippen LogP contribution in [0.4, 0.5) is 0 Å². The minimum atomic E-state index is -0.746. The lowest BCUT2D eigenvalue weighted by molar-refractivity contribution is -0.138. The number of benzene rings is 1. The molecule has 110 valence electrons. The smallest absolute Gasteiger partial charge is 0.317 e. The third-order valence-corrected chi connectivity index (χ3v) is 3.49. The van der Waals surface area contributed by atoms with Crippen LogP contribution in [0.15, 0.2) is 30.3 Å². The molecule has 0 atom stereocenters. The molecule has 1 saturated heterocycles. The summed E-state index contributed by atoms with van der Waals surface area (Å²) >= 11 is 0. The molecule has 5 heteroatoms. The molecule has 0 amide bonds. The van der Waals surface area contributed by atoms with E-state index in [9.17, 15) is 4.79 Å². The Hall–Kier alpha value is -1.43. The van der Waals surface area contributed by atoms with Crippen LogP contribution in [0.3, 0.4) is 0 Å². The van der Waals surface area contributed by atoms with Crippen molar-refractivity contribution in [3.8, 4) is 0 Å². The van der Waals surface area contributed by atoms with Crippen molar-refractivity contribution in [1.29, 1.82) is 0 Å². The maximum absolute atomic E-state index is 10.6. The second-order valence-electron chi connectivity index (χ2n) is 5.05. The number of carboxylic acid groups (broad SMARTS) is 1. The predicted molar refractivity (Wildman–Crippen MR) is 76.6 cm³/mol. The van der Waals surface area contributed by atoms with Gasteiger partial charge >= 0.3 is 5.97 Å². The summed E-state index contributed by atoms with van der Waals surface area (Å²) < 4.78 is 5.66. The summed E-state index contributed by atoms with van der Waals surface area (Å²) in [5.74, 6) is -0.746. The SMILES string of the molecule is O=C(O)CN1CCN(CCOCc2ccccc2)CC1. The Balaban J connectivity index is 1.56. The molecule has 5 nitrogen and oxygen atoms in total. The molecular formula is C15H22N2O3. The summed E-state index contributed by atoms with van der Waals surface area (Å²) in [5.41, 5.74) is 1.19. The van der Waals surface area contributed by atoms with Crippen molar-refractivity contribution in [3.05, 3.63) is 35.9 Å². The zero-order chi connectivity index (χ0) is 14.2. The van der Waals surface area contributed by atoms with Crippen LogP contribution in [0, 0.1) is 0 Å². The molecule has 0 aliphatic carbocycles. The highest BCUT2D eigenvalue weighted by Crippen LogP contribution is 2.03. The van der Waals surface area contributed by atoms with Gasteiger partial charge in [-0.25, -0.2) is 0 Å². The molecular weight excluding hydrogens is 256 g/mol. The molecule has 1 fully saturated rings. The van der Waals surface area contributed by atoms with Crippen molar-refractivity contribution in [2.75, 3.05) is 45.9 Å². The van der Waals surface area contributed by atoms with Gasteiger partial charge < -0.3 is 9.84 Å². The number of hydrogen-bond donors (Lipinski definition) is 1. The van der Waals surface area contributed by atoms with Gasteiger partial charge in [0, 0.05) is 32.7 Å². The summed E-state index contributed by atoms with van der Waals surface area (Å²) in [7, 11) is 0. The zero-order valence-corrected chi connectivity index (χ0v) is 11.7. The van der Waals surface area contributed by atoms with Gasteiger partial charge in [-0.15, -0.1) is 0 Å². The van der Waals surface area contributed by atoms with Crippen molar-refractivity contribution >= 4 is 5.97 Å². The number of ether oxygens (including phenoxy) is 1. The number of carboxylic acids is 1. The lowest BCUT2D eigenvalue weighted by atomic mass is 10.2. The van der Waals surface area contributed by atoms with E-state index in [4.69, 9.17) is 9.84 Å². The van der Waals surface area contributed by atoms with Crippen molar-refractivity contribution < 1.29 is 14.6 Å². The average Bonchev–Trinajstić information content (AvgIpc) is 2.46. The highest BCUT2D eigenvalue weighted by Gasteiger charge is 2.17. The molecule has 0 unspecified atom stereocenters. The van der Waals surface area contributed by atoms with Gasteiger partial charge in [0.25, 0.3) is 0 Å². The third kappa shape index (κ3) is 5.28. The van der Waals surface area contributed by atoms with Crippen LogP contribution in [0.2, 0.25) is 0 Å². The molecule has 1 aromatic carbocycles. The van der Waals surface area contributed by atoms with E-state index in [1.165, 1.54) is 5.56 Å². The van der Waals surface area contributed by atoms with Crippen molar-refractivity contribution in [2.24, 2.45) is 0 Å². The quantitative estimate of drug-likeness (QED) is 0.751. The second-order valence-corrected chi connectivity index (χ2v) is 5.05. The molecule has 2 rings (SSSR count). The van der Waals surface area contributed by atoms with Gasteiger partial charge in [-0.2, -0.15) is 0 Å². The molecule has 1 aromatic rings. The minimum Gasteiger partial charge on any atom is -0.480 e. The molecule has 1 aliphatic heterocycles. The van der Waals surface area contributed by atoms with Crippen molar-refractivity contribution in [3.63, 3.8) is 0 Å². The molecule has 0 radical (unpaired) electrons. The third-order valence-electron chi connectivity index (χ3n) is 3.49.